The van der Waals surface area contributed by atoms with Crippen LogP contribution in [0, 0.1) is 0 Å². The number of hydrogen-bond acceptors (Lipinski definition) is 1. The van der Waals surface area contributed by atoms with Gasteiger partial charge in [0.2, 0.25) is 0 Å². The van der Waals surface area contributed by atoms with Crippen LogP contribution in [0.3, 0.4) is 0 Å². The molecule has 1 aliphatic carbocycles. The van der Waals surface area contributed by atoms with Crippen LogP contribution >= 0.6 is 0 Å². The van der Waals surface area contributed by atoms with E-state index < -0.39 is 0 Å². The summed E-state index contributed by atoms with van der Waals surface area (Å²) in [7, 11) is 0. The molecule has 82 valence electrons. The number of nitrogens with one attached hydrogen (secondary N) is 1. The first-order chi connectivity index (χ1) is 7.43. The predicted molar refractivity (Wildman–Crippen MR) is 60.0 cm³/mol. The van der Waals surface area contributed by atoms with E-state index in [2.05, 4.69) is 11.1 Å². The highest BCUT2D eigenvalue weighted by molar-refractivity contribution is 5.29. The molecule has 15 heavy (non-hydrogen) atoms. The van der Waals surface area contributed by atoms with Crippen molar-refractivity contribution in [2.24, 2.45) is 0 Å². The summed E-state index contributed by atoms with van der Waals surface area (Å²) in [5.41, 5.74) is 4.31. The minimum absolute atomic E-state index is 0.796. The van der Waals surface area contributed by atoms with Gasteiger partial charge in [-0.1, -0.05) is 19.3 Å². The molecule has 1 N–H and O–H groups in total. The van der Waals surface area contributed by atoms with E-state index in [0.29, 0.717) is 0 Å². The zero-order valence-electron chi connectivity index (χ0n) is 9.22. The van der Waals surface area contributed by atoms with Gasteiger partial charge in [0.25, 0.3) is 0 Å². The third kappa shape index (κ3) is 1.83. The molecule has 3 rings (SSSR count). The Hall–Kier alpha value is -0.760. The van der Waals surface area contributed by atoms with Crippen molar-refractivity contribution in [3.8, 4) is 0 Å². The van der Waals surface area contributed by atoms with E-state index in [9.17, 15) is 0 Å². The number of fused-ring (bicyclic) bond motifs is 1. The molecule has 1 aromatic heterocycles. The van der Waals surface area contributed by atoms with Crippen molar-refractivity contribution in [1.29, 1.82) is 0 Å². The second-order valence-corrected chi connectivity index (χ2v) is 4.87. The molecule has 0 radical (unpaired) electrons. The first-order valence-electron chi connectivity index (χ1n) is 6.22. The summed E-state index contributed by atoms with van der Waals surface area (Å²) in [6.45, 7) is 1.70. The molecule has 2 heteroatoms. The average Bonchev–Trinajstić information content (AvgIpc) is 2.74. The van der Waals surface area contributed by atoms with Crippen LogP contribution in [0.1, 0.15) is 55.0 Å². The highest BCUT2D eigenvalue weighted by Gasteiger charge is 2.20. The number of hydrogen-bond donors (Lipinski definition) is 1. The number of aromatic amines is 1. The number of ether oxygens (including phenoxy) is 1. The highest BCUT2D eigenvalue weighted by atomic mass is 16.5. The highest BCUT2D eigenvalue weighted by Crippen LogP contribution is 2.33. The van der Waals surface area contributed by atoms with Crippen LogP contribution < -0.4 is 0 Å². The van der Waals surface area contributed by atoms with Gasteiger partial charge in [0.1, 0.15) is 0 Å². The minimum atomic E-state index is 0.796. The Bertz CT molecular complexity index is 313. The van der Waals surface area contributed by atoms with Crippen molar-refractivity contribution in [3.05, 3.63) is 23.0 Å². The van der Waals surface area contributed by atoms with Crippen molar-refractivity contribution >= 4 is 0 Å². The van der Waals surface area contributed by atoms with Crippen LogP contribution in [0.2, 0.25) is 0 Å². The molecule has 2 aliphatic rings. The summed E-state index contributed by atoms with van der Waals surface area (Å²) in [6, 6.07) is 2.35. The molecule has 2 nitrogen and oxygen atoms in total. The molecular formula is C13H19NO. The van der Waals surface area contributed by atoms with Crippen LogP contribution in [-0.4, -0.2) is 11.6 Å². The van der Waals surface area contributed by atoms with E-state index in [1.165, 1.54) is 49.1 Å². The number of H-pyrrole nitrogens is 1. The molecule has 0 spiro atoms. The van der Waals surface area contributed by atoms with Gasteiger partial charge in [-0.2, -0.15) is 0 Å². The zero-order chi connectivity index (χ0) is 10.1. The average molecular weight is 205 g/mol. The summed E-state index contributed by atoms with van der Waals surface area (Å²) in [6.07, 6.45) is 8.07. The maximum absolute atomic E-state index is 5.48. The fraction of sp³-hybridized carbons (Fsp3) is 0.692. The number of aromatic nitrogens is 1. The molecular weight excluding hydrogens is 186 g/mol. The zero-order valence-corrected chi connectivity index (χ0v) is 9.22. The fourth-order valence-electron chi connectivity index (χ4n) is 2.91. The Labute approximate surface area is 91.0 Å². The van der Waals surface area contributed by atoms with Gasteiger partial charge < -0.3 is 9.72 Å². The minimum Gasteiger partial charge on any atom is -0.376 e. The van der Waals surface area contributed by atoms with Crippen LogP contribution in [0.15, 0.2) is 6.07 Å². The van der Waals surface area contributed by atoms with E-state index in [0.717, 1.165) is 25.6 Å². The summed E-state index contributed by atoms with van der Waals surface area (Å²) in [5.74, 6) is 0.796. The Morgan fingerprint density at radius 3 is 2.87 bits per heavy atom. The monoisotopic (exact) mass is 205 g/mol. The Morgan fingerprint density at radius 1 is 1.20 bits per heavy atom. The van der Waals surface area contributed by atoms with Gasteiger partial charge in [-0.05, 0) is 30.4 Å². The van der Waals surface area contributed by atoms with Gasteiger partial charge in [0, 0.05) is 17.8 Å². The summed E-state index contributed by atoms with van der Waals surface area (Å²) in [4.78, 5) is 3.62. The molecule has 1 aromatic rings. The Balaban J connectivity index is 1.82. The molecule has 0 bridgehead atoms. The lowest BCUT2D eigenvalue weighted by Gasteiger charge is -2.20. The lowest BCUT2D eigenvalue weighted by atomic mass is 9.87. The molecule has 0 unspecified atom stereocenters. The maximum Gasteiger partial charge on any atom is 0.0734 e. The second-order valence-electron chi connectivity index (χ2n) is 4.87. The molecule has 0 atom stereocenters. The SMILES string of the molecule is c1c(C2CCCCC2)[nH]c2c1COCC2. The van der Waals surface area contributed by atoms with E-state index in [1.807, 2.05) is 0 Å². The lowest BCUT2D eigenvalue weighted by Crippen LogP contribution is -2.08. The molecule has 0 amide bonds. The largest absolute Gasteiger partial charge is 0.376 e. The van der Waals surface area contributed by atoms with E-state index in [1.54, 1.807) is 0 Å². The van der Waals surface area contributed by atoms with Crippen molar-refractivity contribution in [2.45, 2.75) is 51.0 Å². The summed E-state index contributed by atoms with van der Waals surface area (Å²) < 4.78 is 5.48. The van der Waals surface area contributed by atoms with Crippen LogP contribution in [-0.2, 0) is 17.8 Å². The van der Waals surface area contributed by atoms with Gasteiger partial charge in [0.15, 0.2) is 0 Å². The second kappa shape index (κ2) is 4.01. The fourth-order valence-corrected chi connectivity index (χ4v) is 2.91. The van der Waals surface area contributed by atoms with Crippen LogP contribution in [0.4, 0.5) is 0 Å². The van der Waals surface area contributed by atoms with Gasteiger partial charge in [-0.15, -0.1) is 0 Å². The van der Waals surface area contributed by atoms with Gasteiger partial charge in [-0.3, -0.25) is 0 Å². The van der Waals surface area contributed by atoms with E-state index in [-0.39, 0.29) is 0 Å². The predicted octanol–water partition coefficient (Wildman–Crippen LogP) is 3.14. The van der Waals surface area contributed by atoms with Crippen molar-refractivity contribution in [1.82, 2.24) is 4.98 Å². The van der Waals surface area contributed by atoms with Crippen molar-refractivity contribution in [3.63, 3.8) is 0 Å². The van der Waals surface area contributed by atoms with Gasteiger partial charge in [-0.25, -0.2) is 0 Å². The van der Waals surface area contributed by atoms with Crippen molar-refractivity contribution in [2.75, 3.05) is 6.61 Å². The smallest absolute Gasteiger partial charge is 0.0734 e. The molecule has 0 saturated heterocycles. The van der Waals surface area contributed by atoms with Gasteiger partial charge >= 0.3 is 0 Å². The maximum atomic E-state index is 5.48. The summed E-state index contributed by atoms with van der Waals surface area (Å²) >= 11 is 0. The van der Waals surface area contributed by atoms with E-state index in [4.69, 9.17) is 4.74 Å². The third-order valence-corrected chi connectivity index (χ3v) is 3.81. The number of rotatable bonds is 1. The third-order valence-electron chi connectivity index (χ3n) is 3.81. The molecule has 1 saturated carbocycles. The summed E-state index contributed by atoms with van der Waals surface area (Å²) in [5, 5.41) is 0. The first kappa shape index (κ1) is 9.46. The Kier molecular flexibility index (Phi) is 2.53. The topological polar surface area (TPSA) is 25.0 Å². The Morgan fingerprint density at radius 2 is 2.07 bits per heavy atom. The van der Waals surface area contributed by atoms with E-state index >= 15 is 0 Å². The molecule has 0 aromatic carbocycles. The molecule has 1 aliphatic heterocycles. The molecule has 1 fully saturated rings. The standard InChI is InChI=1S/C13H19NO/c1-2-4-10(5-3-1)13-8-11-9-15-7-6-12(11)14-13/h8,10,14H,1-7,9H2. The van der Waals surface area contributed by atoms with Crippen LogP contribution in [0.5, 0.6) is 0 Å². The van der Waals surface area contributed by atoms with Crippen molar-refractivity contribution < 1.29 is 4.74 Å². The van der Waals surface area contributed by atoms with Gasteiger partial charge in [0.05, 0.1) is 13.2 Å². The molecule has 2 heterocycles. The quantitative estimate of drug-likeness (QED) is 0.748. The van der Waals surface area contributed by atoms with Crippen LogP contribution in [0.25, 0.3) is 0 Å². The first-order valence-corrected chi connectivity index (χ1v) is 6.22. The normalized spacial score (nSPS) is 22.7. The lowest BCUT2D eigenvalue weighted by molar-refractivity contribution is 0.110.